The number of ether oxygens (including phenoxy) is 7. The van der Waals surface area contributed by atoms with Crippen molar-refractivity contribution >= 4 is 18.0 Å². The van der Waals surface area contributed by atoms with Gasteiger partial charge < -0.3 is 74.2 Å². The number of benzene rings is 2. The van der Waals surface area contributed by atoms with Crippen molar-refractivity contribution in [2.45, 2.75) is 75.8 Å². The number of aliphatic carboxylic acids is 1. The molecule has 2 aromatic rings. The Labute approximate surface area is 337 Å². The summed E-state index contributed by atoms with van der Waals surface area (Å²) < 4.78 is 36.5. The molecule has 18 heteroatoms. The second-order valence-electron chi connectivity index (χ2n) is 13.1. The summed E-state index contributed by atoms with van der Waals surface area (Å²) in [6.45, 7) is 16.1. The predicted octanol–water partition coefficient (Wildman–Crippen LogP) is 2.06. The fourth-order valence-electron chi connectivity index (χ4n) is 4.52. The molecule has 0 saturated carbocycles. The quantitative estimate of drug-likeness (QED) is 0.0661. The predicted molar refractivity (Wildman–Crippen MR) is 208 cm³/mol. The van der Waals surface area contributed by atoms with Crippen LogP contribution in [0.2, 0.25) is 0 Å². The first-order valence-corrected chi connectivity index (χ1v) is 18.0. The SMILES string of the molecule is C=CCOC(COc1cccc(C(=O)O)c1)OCCO.C=CCO[C@@H]1O[C@H](CO)[C@@H](O)[C@H](O)[C@H]1O.C=CCOc1ccc(C[C@H](NC(=O)OC(C)(C)C)C(=O)O)cc1. The number of amides is 1. The monoisotopic (exact) mass is 823 g/mol. The molecule has 1 amide bonds. The second-order valence-corrected chi connectivity index (χ2v) is 13.1. The molecule has 0 radical (unpaired) electrons. The van der Waals surface area contributed by atoms with Gasteiger partial charge in [-0.25, -0.2) is 14.4 Å². The van der Waals surface area contributed by atoms with Crippen molar-refractivity contribution in [3.63, 3.8) is 0 Å². The van der Waals surface area contributed by atoms with Crippen LogP contribution >= 0.6 is 0 Å². The lowest BCUT2D eigenvalue weighted by molar-refractivity contribution is -0.298. The van der Waals surface area contributed by atoms with E-state index in [2.05, 4.69) is 25.1 Å². The van der Waals surface area contributed by atoms with E-state index in [0.29, 0.717) is 18.1 Å². The van der Waals surface area contributed by atoms with Crippen molar-refractivity contribution in [3.8, 4) is 11.5 Å². The van der Waals surface area contributed by atoms with Gasteiger partial charge in [0.05, 0.1) is 38.6 Å². The van der Waals surface area contributed by atoms with E-state index in [9.17, 15) is 34.8 Å². The van der Waals surface area contributed by atoms with Gasteiger partial charge in [0, 0.05) is 6.42 Å². The highest BCUT2D eigenvalue weighted by Gasteiger charge is 2.43. The first-order chi connectivity index (χ1) is 27.5. The van der Waals surface area contributed by atoms with Crippen LogP contribution in [0.3, 0.4) is 0 Å². The topological polar surface area (TPSA) is 269 Å². The molecule has 3 rings (SSSR count). The molecule has 324 valence electrons. The van der Waals surface area contributed by atoms with Gasteiger partial charge in [0.25, 0.3) is 0 Å². The molecule has 0 spiro atoms. The fourth-order valence-corrected chi connectivity index (χ4v) is 4.52. The first-order valence-electron chi connectivity index (χ1n) is 18.0. The van der Waals surface area contributed by atoms with E-state index >= 15 is 0 Å². The minimum absolute atomic E-state index is 0.0803. The molecular weight excluding hydrogens is 766 g/mol. The number of alkyl carbamates (subject to hydrolysis) is 1. The molecule has 0 bridgehead atoms. The van der Waals surface area contributed by atoms with Crippen LogP contribution < -0.4 is 14.8 Å². The third kappa shape index (κ3) is 20.5. The third-order valence-corrected chi connectivity index (χ3v) is 7.21. The van der Waals surface area contributed by atoms with Gasteiger partial charge in [0.2, 0.25) is 0 Å². The number of aliphatic hydroxyl groups is 5. The van der Waals surface area contributed by atoms with Gasteiger partial charge in [-0.3, -0.25) is 0 Å². The zero-order valence-corrected chi connectivity index (χ0v) is 32.9. The average molecular weight is 824 g/mol. The Hall–Kier alpha value is -4.89. The molecule has 7 atom stereocenters. The zero-order chi connectivity index (χ0) is 43.7. The normalized spacial score (nSPS) is 19.6. The van der Waals surface area contributed by atoms with Crippen LogP contribution in [-0.4, -0.2) is 149 Å². The maximum absolute atomic E-state index is 11.7. The van der Waals surface area contributed by atoms with E-state index in [1.165, 1.54) is 18.2 Å². The summed E-state index contributed by atoms with van der Waals surface area (Å²) in [4.78, 5) is 33.8. The highest BCUT2D eigenvalue weighted by atomic mass is 16.7. The van der Waals surface area contributed by atoms with E-state index in [4.69, 9.17) is 48.5 Å². The van der Waals surface area contributed by atoms with Gasteiger partial charge in [-0.05, 0) is 56.7 Å². The number of carboxylic acid groups (broad SMARTS) is 2. The van der Waals surface area contributed by atoms with Gasteiger partial charge in [-0.1, -0.05) is 43.0 Å². The van der Waals surface area contributed by atoms with E-state index in [1.807, 2.05) is 0 Å². The zero-order valence-electron chi connectivity index (χ0n) is 32.9. The van der Waals surface area contributed by atoms with Crippen LogP contribution in [0.25, 0.3) is 0 Å². The largest absolute Gasteiger partial charge is 0.490 e. The van der Waals surface area contributed by atoms with E-state index < -0.39 is 73.3 Å². The highest BCUT2D eigenvalue weighted by molar-refractivity contribution is 5.88. The lowest BCUT2D eigenvalue weighted by Crippen LogP contribution is -2.59. The van der Waals surface area contributed by atoms with Gasteiger partial charge in [-0.2, -0.15) is 0 Å². The Bertz CT molecular complexity index is 1530. The standard InChI is InChI=1S/C17H23NO5.C14H18O6.C9H16O6/c1-5-10-22-13-8-6-12(7-9-13)11-14(15(19)20)18-16(21)23-17(2,3)4;1-2-7-18-13(19-8-6-15)10-20-12-5-3-4-11(9-12)14(16)17;1-2-3-14-9-8(13)7(12)6(11)5(4-10)15-9/h5-9,14H,1,10-11H2,2-4H3,(H,18,21)(H,19,20);2-5,9,13,15H,1,6-8,10H2,(H,16,17);2,5-13H,1,3-4H2/t14-;;5-,6-,7+,8-,9-/m0.1/s1. The average Bonchev–Trinajstić information content (AvgIpc) is 3.18. The molecule has 18 nitrogen and oxygen atoms in total. The Kier molecular flexibility index (Phi) is 24.4. The van der Waals surface area contributed by atoms with Crippen molar-refractivity contribution in [1.82, 2.24) is 5.32 Å². The number of carbonyl (C=O) groups excluding carboxylic acids is 1. The molecule has 1 saturated heterocycles. The number of hydrogen-bond donors (Lipinski definition) is 8. The summed E-state index contributed by atoms with van der Waals surface area (Å²) in [5.41, 5.74) is 0.221. The number of hydrogen-bond acceptors (Lipinski definition) is 15. The van der Waals surface area contributed by atoms with Gasteiger partial charge in [0.1, 0.15) is 60.8 Å². The Morgan fingerprint density at radius 1 is 0.845 bits per heavy atom. The van der Waals surface area contributed by atoms with Crippen LogP contribution in [-0.2, 0) is 34.9 Å². The van der Waals surface area contributed by atoms with Crippen LogP contribution in [0.4, 0.5) is 4.79 Å². The minimum atomic E-state index is -1.40. The molecular formula is C40H57NO17. The number of carbonyl (C=O) groups is 3. The summed E-state index contributed by atoms with van der Waals surface area (Å²) in [7, 11) is 0. The second kappa shape index (κ2) is 27.7. The van der Waals surface area contributed by atoms with Crippen molar-refractivity contribution in [1.29, 1.82) is 0 Å². The van der Waals surface area contributed by atoms with Crippen LogP contribution in [0.5, 0.6) is 11.5 Å². The van der Waals surface area contributed by atoms with Gasteiger partial charge in [-0.15, -0.1) is 13.2 Å². The number of rotatable bonds is 21. The van der Waals surface area contributed by atoms with Gasteiger partial charge in [0.15, 0.2) is 12.6 Å². The molecule has 1 heterocycles. The highest BCUT2D eigenvalue weighted by Crippen LogP contribution is 2.22. The van der Waals surface area contributed by atoms with Crippen molar-refractivity contribution in [3.05, 3.63) is 97.6 Å². The Morgan fingerprint density at radius 2 is 1.50 bits per heavy atom. The van der Waals surface area contributed by atoms with Gasteiger partial charge >= 0.3 is 18.0 Å². The van der Waals surface area contributed by atoms with Crippen molar-refractivity contribution < 1.29 is 83.3 Å². The Balaban J connectivity index is 0.000000444. The molecule has 58 heavy (non-hydrogen) atoms. The molecule has 0 aliphatic carbocycles. The summed E-state index contributed by atoms with van der Waals surface area (Å²) in [6, 6.07) is 12.1. The van der Waals surface area contributed by atoms with Crippen LogP contribution in [0.1, 0.15) is 36.7 Å². The maximum atomic E-state index is 11.7. The lowest BCUT2D eigenvalue weighted by Gasteiger charge is -2.39. The molecule has 1 aliphatic rings. The molecule has 1 fully saturated rings. The van der Waals surface area contributed by atoms with E-state index in [-0.39, 0.29) is 45.0 Å². The van der Waals surface area contributed by atoms with E-state index in [0.717, 1.165) is 5.56 Å². The summed E-state index contributed by atoms with van der Waals surface area (Å²) in [6.07, 6.45) is -2.69. The molecule has 2 aromatic carbocycles. The Morgan fingerprint density at radius 3 is 2.05 bits per heavy atom. The summed E-state index contributed by atoms with van der Waals surface area (Å²) in [5.74, 6) is -1.07. The number of aliphatic hydroxyl groups excluding tert-OH is 5. The lowest BCUT2D eigenvalue weighted by atomic mass is 9.99. The summed E-state index contributed by atoms with van der Waals surface area (Å²) >= 11 is 0. The number of nitrogens with one attached hydrogen (secondary N) is 1. The number of aromatic carboxylic acids is 1. The third-order valence-electron chi connectivity index (χ3n) is 7.21. The van der Waals surface area contributed by atoms with Crippen molar-refractivity contribution in [2.75, 3.05) is 46.2 Å². The molecule has 1 aliphatic heterocycles. The minimum Gasteiger partial charge on any atom is -0.490 e. The molecule has 0 aromatic heterocycles. The van der Waals surface area contributed by atoms with Crippen LogP contribution in [0.15, 0.2) is 86.5 Å². The fraction of sp³-hybridized carbons (Fsp3) is 0.475. The molecule has 8 N–H and O–H groups in total. The smallest absolute Gasteiger partial charge is 0.408 e. The first kappa shape index (κ1) is 51.1. The molecule has 1 unspecified atom stereocenters. The van der Waals surface area contributed by atoms with E-state index in [1.54, 1.807) is 69.3 Å². The number of carboxylic acids is 2. The maximum Gasteiger partial charge on any atom is 0.408 e. The summed E-state index contributed by atoms with van der Waals surface area (Å²) in [5, 5.41) is 66.3. The van der Waals surface area contributed by atoms with Crippen LogP contribution in [0, 0.1) is 0 Å². The van der Waals surface area contributed by atoms with Crippen molar-refractivity contribution in [2.24, 2.45) is 0 Å².